The molecule has 2 N–H and O–H groups in total. The van der Waals surface area contributed by atoms with E-state index in [9.17, 15) is 4.79 Å². The Kier molecular flexibility index (Phi) is 5.43. The molecule has 26 heavy (non-hydrogen) atoms. The summed E-state index contributed by atoms with van der Waals surface area (Å²) in [6.45, 7) is 2.09. The molecular weight excluding hydrogens is 328 g/mol. The highest BCUT2D eigenvalue weighted by molar-refractivity contribution is 6.03. The van der Waals surface area contributed by atoms with Gasteiger partial charge in [-0.2, -0.15) is 0 Å². The Morgan fingerprint density at radius 1 is 1.08 bits per heavy atom. The van der Waals surface area contributed by atoms with E-state index >= 15 is 0 Å². The van der Waals surface area contributed by atoms with Crippen LogP contribution in [0.2, 0.25) is 0 Å². The van der Waals surface area contributed by atoms with Crippen LogP contribution in [-0.4, -0.2) is 23.0 Å². The maximum absolute atomic E-state index is 12.4. The summed E-state index contributed by atoms with van der Waals surface area (Å²) >= 11 is 0. The van der Waals surface area contributed by atoms with Crippen molar-refractivity contribution in [1.82, 2.24) is 9.97 Å². The maximum Gasteiger partial charge on any atom is 0.274 e. The lowest BCUT2D eigenvalue weighted by Gasteiger charge is -2.11. The lowest BCUT2D eigenvalue weighted by Crippen LogP contribution is -2.14. The predicted molar refractivity (Wildman–Crippen MR) is 102 cm³/mol. The van der Waals surface area contributed by atoms with Gasteiger partial charge in [0.25, 0.3) is 5.91 Å². The van der Waals surface area contributed by atoms with Crippen molar-refractivity contribution in [2.75, 3.05) is 17.7 Å². The van der Waals surface area contributed by atoms with Crippen LogP contribution in [0.15, 0.2) is 60.9 Å². The van der Waals surface area contributed by atoms with Crippen LogP contribution in [0.3, 0.4) is 0 Å². The second kappa shape index (κ2) is 8.11. The van der Waals surface area contributed by atoms with Gasteiger partial charge in [-0.15, -0.1) is 0 Å². The van der Waals surface area contributed by atoms with Crippen molar-refractivity contribution in [2.45, 2.75) is 13.3 Å². The molecule has 3 rings (SSSR count). The second-order valence-electron chi connectivity index (χ2n) is 5.61. The van der Waals surface area contributed by atoms with Gasteiger partial charge in [-0.05, 0) is 42.3 Å². The van der Waals surface area contributed by atoms with Gasteiger partial charge in [-0.25, -0.2) is 9.97 Å². The molecule has 0 aliphatic heterocycles. The number of anilines is 3. The highest BCUT2D eigenvalue weighted by Crippen LogP contribution is 2.20. The molecule has 6 heteroatoms. The number of para-hydroxylation sites is 1. The Labute approximate surface area is 152 Å². The zero-order valence-electron chi connectivity index (χ0n) is 14.7. The molecule has 0 aliphatic rings. The third-order valence-electron chi connectivity index (χ3n) is 3.91. The Morgan fingerprint density at radius 3 is 2.58 bits per heavy atom. The molecular formula is C20H20N4O2. The van der Waals surface area contributed by atoms with Gasteiger partial charge < -0.3 is 15.4 Å². The van der Waals surface area contributed by atoms with Crippen LogP contribution in [0.1, 0.15) is 23.0 Å². The number of rotatable bonds is 6. The van der Waals surface area contributed by atoms with Crippen molar-refractivity contribution in [3.05, 3.63) is 72.2 Å². The number of benzene rings is 2. The number of carbonyl (C=O) groups excluding carboxylic acids is 1. The molecule has 0 spiro atoms. The first kappa shape index (κ1) is 17.4. The third kappa shape index (κ3) is 4.16. The molecule has 1 heterocycles. The van der Waals surface area contributed by atoms with E-state index in [1.807, 2.05) is 18.2 Å². The Morgan fingerprint density at radius 2 is 1.85 bits per heavy atom. The molecule has 2 aromatic carbocycles. The van der Waals surface area contributed by atoms with Gasteiger partial charge in [-0.1, -0.05) is 25.1 Å². The molecule has 132 valence electrons. The fraction of sp³-hybridized carbons (Fsp3) is 0.150. The monoisotopic (exact) mass is 348 g/mol. The summed E-state index contributed by atoms with van der Waals surface area (Å²) in [7, 11) is 1.60. The van der Waals surface area contributed by atoms with E-state index in [0.29, 0.717) is 11.5 Å². The number of methoxy groups -OCH3 is 1. The molecule has 0 saturated heterocycles. The van der Waals surface area contributed by atoms with Crippen molar-refractivity contribution in [3.8, 4) is 5.75 Å². The van der Waals surface area contributed by atoms with Crippen LogP contribution in [-0.2, 0) is 6.42 Å². The van der Waals surface area contributed by atoms with Crippen molar-refractivity contribution < 1.29 is 9.53 Å². The number of aryl methyl sites for hydroxylation is 1. The van der Waals surface area contributed by atoms with Gasteiger partial charge in [0.15, 0.2) is 0 Å². The molecule has 0 radical (unpaired) electrons. The summed E-state index contributed by atoms with van der Waals surface area (Å²) in [5, 5.41) is 6.06. The highest BCUT2D eigenvalue weighted by atomic mass is 16.5. The van der Waals surface area contributed by atoms with Crippen LogP contribution < -0.4 is 15.4 Å². The minimum Gasteiger partial charge on any atom is -0.497 e. The fourth-order valence-electron chi connectivity index (χ4n) is 2.51. The van der Waals surface area contributed by atoms with Crippen molar-refractivity contribution in [2.24, 2.45) is 0 Å². The summed E-state index contributed by atoms with van der Waals surface area (Å²) in [5.41, 5.74) is 3.10. The summed E-state index contributed by atoms with van der Waals surface area (Å²) in [4.78, 5) is 20.7. The van der Waals surface area contributed by atoms with Gasteiger partial charge in [0, 0.05) is 17.4 Å². The van der Waals surface area contributed by atoms with Crippen LogP contribution in [0, 0.1) is 0 Å². The number of ether oxygens (including phenoxy) is 1. The zero-order valence-corrected chi connectivity index (χ0v) is 14.7. The number of carbonyl (C=O) groups is 1. The van der Waals surface area contributed by atoms with E-state index in [-0.39, 0.29) is 11.6 Å². The Balaban J connectivity index is 1.74. The van der Waals surface area contributed by atoms with E-state index in [0.717, 1.165) is 17.9 Å². The Hall–Kier alpha value is -3.41. The summed E-state index contributed by atoms with van der Waals surface area (Å²) < 4.78 is 5.11. The Bertz CT molecular complexity index is 894. The molecule has 6 nitrogen and oxygen atoms in total. The third-order valence-corrected chi connectivity index (χ3v) is 3.91. The molecule has 0 fully saturated rings. The molecule has 0 bridgehead atoms. The van der Waals surface area contributed by atoms with E-state index in [4.69, 9.17) is 4.74 Å². The van der Waals surface area contributed by atoms with Gasteiger partial charge in [0.2, 0.25) is 0 Å². The predicted octanol–water partition coefficient (Wildman–Crippen LogP) is 4.04. The van der Waals surface area contributed by atoms with E-state index in [2.05, 4.69) is 33.6 Å². The lowest BCUT2D eigenvalue weighted by molar-refractivity contribution is 0.102. The molecule has 0 unspecified atom stereocenters. The summed E-state index contributed by atoms with van der Waals surface area (Å²) in [6.07, 6.45) is 2.28. The zero-order chi connectivity index (χ0) is 18.4. The number of nitrogens with zero attached hydrogens (tertiary/aromatic N) is 2. The number of hydrogen-bond donors (Lipinski definition) is 2. The minimum atomic E-state index is -0.301. The summed E-state index contributed by atoms with van der Waals surface area (Å²) in [5.74, 6) is 0.997. The average molecular weight is 348 g/mol. The molecule has 1 aromatic heterocycles. The van der Waals surface area contributed by atoms with E-state index in [1.165, 1.54) is 11.9 Å². The van der Waals surface area contributed by atoms with Crippen molar-refractivity contribution in [3.63, 3.8) is 0 Å². The van der Waals surface area contributed by atoms with E-state index in [1.54, 1.807) is 37.4 Å². The number of nitrogens with one attached hydrogen (secondary N) is 2. The van der Waals surface area contributed by atoms with Gasteiger partial charge >= 0.3 is 0 Å². The molecule has 1 amide bonds. The smallest absolute Gasteiger partial charge is 0.274 e. The molecule has 0 aliphatic carbocycles. The van der Waals surface area contributed by atoms with Crippen molar-refractivity contribution >= 4 is 23.1 Å². The molecule has 0 atom stereocenters. The van der Waals surface area contributed by atoms with Crippen LogP contribution in [0.25, 0.3) is 0 Å². The van der Waals surface area contributed by atoms with E-state index < -0.39 is 0 Å². The largest absolute Gasteiger partial charge is 0.497 e. The normalized spacial score (nSPS) is 10.2. The standard InChI is InChI=1S/C20H20N4O2/c1-3-14-6-4-5-7-17(14)24-19-12-18(21-13-22-19)20(25)23-15-8-10-16(26-2)11-9-15/h4-13H,3H2,1-2H3,(H,23,25)(H,21,22,24). The van der Waals surface area contributed by atoms with Crippen LogP contribution in [0.4, 0.5) is 17.2 Å². The number of aromatic nitrogens is 2. The number of amides is 1. The van der Waals surface area contributed by atoms with Gasteiger partial charge in [0.05, 0.1) is 7.11 Å². The van der Waals surface area contributed by atoms with Crippen LogP contribution in [0.5, 0.6) is 5.75 Å². The topological polar surface area (TPSA) is 76.1 Å². The molecule has 3 aromatic rings. The first-order valence-electron chi connectivity index (χ1n) is 8.32. The second-order valence-corrected chi connectivity index (χ2v) is 5.61. The van der Waals surface area contributed by atoms with Gasteiger partial charge in [0.1, 0.15) is 23.6 Å². The fourth-order valence-corrected chi connectivity index (χ4v) is 2.51. The van der Waals surface area contributed by atoms with Crippen LogP contribution >= 0.6 is 0 Å². The highest BCUT2D eigenvalue weighted by Gasteiger charge is 2.10. The SMILES string of the molecule is CCc1ccccc1Nc1cc(C(=O)Nc2ccc(OC)cc2)ncn1. The average Bonchev–Trinajstić information content (AvgIpc) is 2.69. The number of hydrogen-bond acceptors (Lipinski definition) is 5. The minimum absolute atomic E-state index is 0.285. The lowest BCUT2D eigenvalue weighted by atomic mass is 10.1. The quantitative estimate of drug-likeness (QED) is 0.703. The van der Waals surface area contributed by atoms with Gasteiger partial charge in [-0.3, -0.25) is 4.79 Å². The first-order valence-corrected chi connectivity index (χ1v) is 8.32. The summed E-state index contributed by atoms with van der Waals surface area (Å²) in [6, 6.07) is 16.7. The first-order chi connectivity index (χ1) is 12.7. The maximum atomic E-state index is 12.4. The van der Waals surface area contributed by atoms with Crippen molar-refractivity contribution in [1.29, 1.82) is 0 Å². The molecule has 0 saturated carbocycles.